The van der Waals surface area contributed by atoms with E-state index in [1.165, 1.54) is 38.6 Å². The van der Waals surface area contributed by atoms with Crippen molar-refractivity contribution < 1.29 is 0 Å². The maximum atomic E-state index is 6.43. The summed E-state index contributed by atoms with van der Waals surface area (Å²) in [6, 6.07) is 55.5. The number of hydrogen-bond donors (Lipinski definition) is 0. The summed E-state index contributed by atoms with van der Waals surface area (Å²) in [7, 11) is 31.4. The fourth-order valence-corrected chi connectivity index (χ4v) is 7.71. The summed E-state index contributed by atoms with van der Waals surface area (Å²) in [5.41, 5.74) is 15.2. The second-order valence-corrected chi connectivity index (χ2v) is 13.6. The van der Waals surface area contributed by atoms with Crippen LogP contribution >= 0.6 is 0 Å². The first-order chi connectivity index (χ1) is 26.4. The zero-order valence-corrected chi connectivity index (χ0v) is 29.5. The van der Waals surface area contributed by atoms with Crippen LogP contribution in [0.5, 0.6) is 0 Å². The average molecular weight is 673 g/mol. The molecule has 0 bridgehead atoms. The monoisotopic (exact) mass is 673 g/mol. The molecule has 0 aromatic heterocycles. The van der Waals surface area contributed by atoms with E-state index >= 15 is 0 Å². The van der Waals surface area contributed by atoms with Gasteiger partial charge >= 0.3 is 0 Å². The van der Waals surface area contributed by atoms with E-state index in [0.29, 0.717) is 16.5 Å². The SMILES string of the molecule is [B]c1c([B])c([B])c(-c2ccc(N(c3ccc(-c4ccccc4)cc3)c3ccc(-c4ccc5c6c(ccc(-c7ccccc7)c46)C=C5)cc3)cc2)c([B])c1[B]. The molecule has 0 fully saturated rings. The Balaban J connectivity index is 1.15. The molecule has 0 N–H and O–H groups in total. The third-order valence-corrected chi connectivity index (χ3v) is 10.5. The summed E-state index contributed by atoms with van der Waals surface area (Å²) >= 11 is 0. The summed E-state index contributed by atoms with van der Waals surface area (Å²) in [5.74, 6) is 0. The highest BCUT2D eigenvalue weighted by Gasteiger charge is 2.19. The van der Waals surface area contributed by atoms with Crippen molar-refractivity contribution >= 4 is 107 Å². The van der Waals surface area contributed by atoms with Gasteiger partial charge in [0.1, 0.15) is 39.2 Å². The highest BCUT2D eigenvalue weighted by Crippen LogP contribution is 2.44. The van der Waals surface area contributed by atoms with Crippen LogP contribution in [-0.2, 0) is 0 Å². The summed E-state index contributed by atoms with van der Waals surface area (Å²) in [5, 5.41) is 2.56. The summed E-state index contributed by atoms with van der Waals surface area (Å²) in [6.07, 6.45) is 4.43. The lowest BCUT2D eigenvalue weighted by Gasteiger charge is -2.27. The normalized spacial score (nSPS) is 11.6. The van der Waals surface area contributed by atoms with Gasteiger partial charge in [-0.3, -0.25) is 0 Å². The number of anilines is 3. The van der Waals surface area contributed by atoms with Gasteiger partial charge < -0.3 is 4.90 Å². The van der Waals surface area contributed by atoms with Crippen LogP contribution in [0.2, 0.25) is 0 Å². The fourth-order valence-electron chi connectivity index (χ4n) is 7.71. The van der Waals surface area contributed by atoms with Crippen molar-refractivity contribution in [2.45, 2.75) is 0 Å². The van der Waals surface area contributed by atoms with Gasteiger partial charge in [-0.25, -0.2) is 0 Å². The second kappa shape index (κ2) is 13.7. The third kappa shape index (κ3) is 5.74. The van der Waals surface area contributed by atoms with Crippen molar-refractivity contribution in [1.82, 2.24) is 0 Å². The van der Waals surface area contributed by atoms with Crippen LogP contribution in [0.3, 0.4) is 0 Å². The van der Waals surface area contributed by atoms with Gasteiger partial charge in [0, 0.05) is 17.1 Å². The molecule has 1 nitrogen and oxygen atoms in total. The Bertz CT molecular complexity index is 2680. The molecular formula is C48H28B5N. The molecule has 240 valence electrons. The molecule has 0 aliphatic heterocycles. The summed E-state index contributed by atoms with van der Waals surface area (Å²) in [6.45, 7) is 0. The largest absolute Gasteiger partial charge is 0.311 e. The molecule has 0 heterocycles. The smallest absolute Gasteiger partial charge is 0.113 e. The Kier molecular flexibility index (Phi) is 8.55. The molecule has 0 amide bonds. The minimum atomic E-state index is 0.198. The average Bonchev–Trinajstić information content (AvgIpc) is 3.66. The zero-order chi connectivity index (χ0) is 36.9. The van der Waals surface area contributed by atoms with E-state index in [2.05, 4.69) is 157 Å². The Morgan fingerprint density at radius 3 is 1.15 bits per heavy atom. The maximum absolute atomic E-state index is 6.43. The van der Waals surface area contributed by atoms with Gasteiger partial charge in [-0.15, -0.1) is 16.4 Å². The van der Waals surface area contributed by atoms with Crippen LogP contribution in [0.1, 0.15) is 11.1 Å². The predicted octanol–water partition coefficient (Wildman–Crippen LogP) is 7.43. The molecule has 0 saturated heterocycles. The lowest BCUT2D eigenvalue weighted by molar-refractivity contribution is 1.28. The molecular weight excluding hydrogens is 645 g/mol. The lowest BCUT2D eigenvalue weighted by atomic mass is 9.60. The fraction of sp³-hybridized carbons (Fsp3) is 0. The quantitative estimate of drug-likeness (QED) is 0.159. The first-order valence-corrected chi connectivity index (χ1v) is 17.9. The van der Waals surface area contributed by atoms with Crippen molar-refractivity contribution in [2.75, 3.05) is 4.90 Å². The minimum Gasteiger partial charge on any atom is -0.311 e. The van der Waals surface area contributed by atoms with E-state index in [1.54, 1.807) is 0 Å². The first-order valence-electron chi connectivity index (χ1n) is 17.9. The van der Waals surface area contributed by atoms with Gasteiger partial charge in [-0.05, 0) is 103 Å². The lowest BCUT2D eigenvalue weighted by Crippen LogP contribution is -2.55. The Morgan fingerprint density at radius 1 is 0.296 bits per heavy atom. The van der Waals surface area contributed by atoms with Crippen LogP contribution in [0.15, 0.2) is 158 Å². The van der Waals surface area contributed by atoms with E-state index < -0.39 is 0 Å². The molecule has 8 aromatic rings. The highest BCUT2D eigenvalue weighted by atomic mass is 15.1. The Hall–Kier alpha value is -6.12. The van der Waals surface area contributed by atoms with Crippen molar-refractivity contribution in [3.05, 3.63) is 169 Å². The van der Waals surface area contributed by atoms with Gasteiger partial charge in [0.15, 0.2) is 0 Å². The highest BCUT2D eigenvalue weighted by molar-refractivity contribution is 6.68. The molecule has 0 saturated carbocycles. The van der Waals surface area contributed by atoms with Crippen LogP contribution in [0.25, 0.3) is 67.4 Å². The molecule has 9 rings (SSSR count). The van der Waals surface area contributed by atoms with Crippen molar-refractivity contribution in [2.24, 2.45) is 0 Å². The molecule has 0 unspecified atom stereocenters. The van der Waals surface area contributed by atoms with E-state index in [-0.39, 0.29) is 16.4 Å². The molecule has 6 heteroatoms. The molecule has 54 heavy (non-hydrogen) atoms. The molecule has 0 atom stereocenters. The van der Waals surface area contributed by atoms with Crippen molar-refractivity contribution in [1.29, 1.82) is 0 Å². The van der Waals surface area contributed by atoms with Crippen molar-refractivity contribution in [3.8, 4) is 44.5 Å². The van der Waals surface area contributed by atoms with Gasteiger partial charge in [0.2, 0.25) is 0 Å². The second-order valence-electron chi connectivity index (χ2n) is 13.6. The number of benzene rings is 8. The molecule has 1 aliphatic rings. The van der Waals surface area contributed by atoms with Crippen molar-refractivity contribution in [3.63, 3.8) is 0 Å². The van der Waals surface area contributed by atoms with Gasteiger partial charge in [-0.2, -0.15) is 0 Å². The summed E-state index contributed by atoms with van der Waals surface area (Å²) < 4.78 is 0. The molecule has 1 aliphatic carbocycles. The Labute approximate surface area is 323 Å². The number of rotatable bonds is 7. The number of nitrogens with zero attached hydrogens (tertiary/aromatic N) is 1. The molecule has 10 radical (unpaired) electrons. The predicted molar refractivity (Wildman–Crippen MR) is 236 cm³/mol. The number of hydrogen-bond acceptors (Lipinski definition) is 1. The van der Waals surface area contributed by atoms with Crippen LogP contribution in [0, 0.1) is 0 Å². The van der Waals surface area contributed by atoms with Crippen LogP contribution < -0.4 is 32.2 Å². The van der Waals surface area contributed by atoms with Crippen LogP contribution in [0.4, 0.5) is 17.1 Å². The zero-order valence-electron chi connectivity index (χ0n) is 29.5. The third-order valence-electron chi connectivity index (χ3n) is 10.5. The molecule has 0 spiro atoms. The maximum Gasteiger partial charge on any atom is 0.113 e. The van der Waals surface area contributed by atoms with E-state index in [0.717, 1.165) is 39.3 Å². The van der Waals surface area contributed by atoms with Gasteiger partial charge in [-0.1, -0.05) is 144 Å². The van der Waals surface area contributed by atoms with Crippen LogP contribution in [-0.4, -0.2) is 39.2 Å². The van der Waals surface area contributed by atoms with E-state index in [9.17, 15) is 0 Å². The van der Waals surface area contributed by atoms with Gasteiger partial charge in [0.05, 0.1) is 0 Å². The van der Waals surface area contributed by atoms with Gasteiger partial charge in [0.25, 0.3) is 0 Å². The first kappa shape index (κ1) is 33.7. The topological polar surface area (TPSA) is 3.24 Å². The summed E-state index contributed by atoms with van der Waals surface area (Å²) in [4.78, 5) is 2.24. The van der Waals surface area contributed by atoms with E-state index in [1.807, 2.05) is 18.2 Å². The molecule has 8 aromatic carbocycles. The van der Waals surface area contributed by atoms with E-state index in [4.69, 9.17) is 39.2 Å². The standard InChI is InChI=1S/C48H28B5N/c49-44-42(45(50)47(52)48(53)46(44)51)35-17-25-38(26-18-35)54(36-21-13-30(14-22-36)29-7-3-1-4-8-29)37-23-15-32(16-24-37)40-28-20-34-12-11-33-19-27-39(43(40)41(33)34)31-9-5-2-6-10-31/h1-28H. The Morgan fingerprint density at radius 2 is 0.667 bits per heavy atom. The minimum absolute atomic E-state index is 0.198.